The number of carbonyl (C=O) groups is 1. The van der Waals surface area contributed by atoms with Gasteiger partial charge >= 0.3 is 18.3 Å². The van der Waals surface area contributed by atoms with Crippen LogP contribution in [0.1, 0.15) is 47.1 Å². The molecule has 1 saturated carbocycles. The Bertz CT molecular complexity index is 1380. The van der Waals surface area contributed by atoms with Crippen LogP contribution in [-0.2, 0) is 18.1 Å². The van der Waals surface area contributed by atoms with Crippen molar-refractivity contribution in [1.29, 1.82) is 0 Å². The molecular weight excluding hydrogens is 668 g/mol. The molecular formula is C29H26F7IN2O2. The first kappa shape index (κ1) is 30.9. The van der Waals surface area contributed by atoms with Crippen LogP contribution in [0.5, 0.6) is 5.75 Å². The SMILES string of the molecule is Cc1ccc([C@@](Cc2ccccc2)(NC(=O)NC2CCC2)c2cc(F)cc(OC(F)(F)C(F)I)c2)cc1C(F)(F)F. The van der Waals surface area contributed by atoms with Crippen molar-refractivity contribution >= 4 is 28.6 Å². The zero-order valence-corrected chi connectivity index (χ0v) is 23.8. The number of hydrogen-bond donors (Lipinski definition) is 2. The van der Waals surface area contributed by atoms with Crippen LogP contribution in [0.25, 0.3) is 0 Å². The molecule has 0 bridgehead atoms. The smallest absolute Gasteiger partial charge is 0.430 e. The number of hydrogen-bond acceptors (Lipinski definition) is 2. The Morgan fingerprint density at radius 3 is 2.27 bits per heavy atom. The second kappa shape index (κ2) is 12.1. The highest BCUT2D eigenvalue weighted by molar-refractivity contribution is 14.1. The van der Waals surface area contributed by atoms with Gasteiger partial charge in [0.05, 0.1) is 11.1 Å². The first-order valence-corrected chi connectivity index (χ1v) is 13.9. The molecule has 1 aliphatic carbocycles. The molecule has 12 heteroatoms. The van der Waals surface area contributed by atoms with E-state index in [1.165, 1.54) is 19.1 Å². The lowest BCUT2D eigenvalue weighted by molar-refractivity contribution is -0.192. The van der Waals surface area contributed by atoms with Crippen LogP contribution in [0.15, 0.2) is 66.7 Å². The van der Waals surface area contributed by atoms with E-state index >= 15 is 4.39 Å². The highest BCUT2D eigenvalue weighted by Crippen LogP contribution is 2.41. The van der Waals surface area contributed by atoms with Crippen LogP contribution < -0.4 is 15.4 Å². The molecule has 1 unspecified atom stereocenters. The molecule has 41 heavy (non-hydrogen) atoms. The van der Waals surface area contributed by atoms with Crippen LogP contribution in [0, 0.1) is 12.7 Å². The molecule has 3 aromatic carbocycles. The Morgan fingerprint density at radius 1 is 1.00 bits per heavy atom. The molecule has 0 radical (unpaired) electrons. The second-order valence-electron chi connectivity index (χ2n) is 9.96. The quantitative estimate of drug-likeness (QED) is 0.135. The van der Waals surface area contributed by atoms with Gasteiger partial charge in [0.2, 0.25) is 0 Å². The first-order chi connectivity index (χ1) is 19.2. The van der Waals surface area contributed by atoms with E-state index in [1.807, 2.05) is 0 Å². The predicted octanol–water partition coefficient (Wildman–Crippen LogP) is 8.19. The fraction of sp³-hybridized carbons (Fsp3) is 0.345. The molecule has 0 spiro atoms. The van der Waals surface area contributed by atoms with Gasteiger partial charge in [-0.25, -0.2) is 13.6 Å². The van der Waals surface area contributed by atoms with Gasteiger partial charge in [0.25, 0.3) is 4.18 Å². The molecule has 0 aromatic heterocycles. The molecule has 4 nitrogen and oxygen atoms in total. The number of aryl methyl sites for hydroxylation is 1. The average Bonchev–Trinajstić information content (AvgIpc) is 2.85. The zero-order valence-electron chi connectivity index (χ0n) is 21.7. The molecule has 2 atom stereocenters. The lowest BCUT2D eigenvalue weighted by Crippen LogP contribution is -2.55. The molecule has 2 N–H and O–H groups in total. The van der Waals surface area contributed by atoms with Crippen LogP contribution in [0.3, 0.4) is 0 Å². The van der Waals surface area contributed by atoms with Crippen LogP contribution in [-0.4, -0.2) is 22.4 Å². The van der Waals surface area contributed by atoms with Gasteiger partial charge in [-0.05, 0) is 89.2 Å². The normalized spacial score (nSPS) is 16.3. The van der Waals surface area contributed by atoms with E-state index in [0.717, 1.165) is 47.2 Å². The molecule has 1 fully saturated rings. The second-order valence-corrected chi connectivity index (χ2v) is 11.1. The summed E-state index contributed by atoms with van der Waals surface area (Å²) in [5.41, 5.74) is -2.71. The van der Waals surface area contributed by atoms with E-state index in [4.69, 9.17) is 0 Å². The summed E-state index contributed by atoms with van der Waals surface area (Å²) in [7, 11) is 0. The topological polar surface area (TPSA) is 50.4 Å². The number of alkyl halides is 7. The fourth-order valence-corrected chi connectivity index (χ4v) is 4.82. The first-order valence-electron chi connectivity index (χ1n) is 12.7. The summed E-state index contributed by atoms with van der Waals surface area (Å²) < 4.78 is 101. The summed E-state index contributed by atoms with van der Waals surface area (Å²) in [6.45, 7) is 1.27. The Labute approximate surface area is 245 Å². The summed E-state index contributed by atoms with van der Waals surface area (Å²) in [6, 6.07) is 13.4. The van der Waals surface area contributed by atoms with E-state index in [2.05, 4.69) is 15.4 Å². The van der Waals surface area contributed by atoms with Crippen molar-refractivity contribution in [2.24, 2.45) is 0 Å². The van der Waals surface area contributed by atoms with Crippen molar-refractivity contribution in [3.8, 4) is 5.75 Å². The van der Waals surface area contributed by atoms with Gasteiger partial charge in [-0.3, -0.25) is 0 Å². The lowest BCUT2D eigenvalue weighted by Gasteiger charge is -2.38. The molecule has 0 heterocycles. The average molecular weight is 694 g/mol. The Morgan fingerprint density at radius 2 is 1.68 bits per heavy atom. The third-order valence-electron chi connectivity index (χ3n) is 6.99. The Hall–Kier alpha value is -3.03. The highest BCUT2D eigenvalue weighted by Gasteiger charge is 2.44. The van der Waals surface area contributed by atoms with E-state index in [1.54, 1.807) is 30.3 Å². The maximum Gasteiger partial charge on any atom is 0.439 e. The largest absolute Gasteiger partial charge is 0.439 e. The fourth-order valence-electron chi connectivity index (χ4n) is 4.69. The number of amides is 2. The van der Waals surface area contributed by atoms with E-state index < -0.39 is 45.2 Å². The van der Waals surface area contributed by atoms with Gasteiger partial charge < -0.3 is 15.4 Å². The molecule has 220 valence electrons. The van der Waals surface area contributed by atoms with Crippen molar-refractivity contribution in [1.82, 2.24) is 10.6 Å². The number of carbonyl (C=O) groups excluding carboxylic acids is 1. The van der Waals surface area contributed by atoms with Crippen LogP contribution in [0.4, 0.5) is 35.5 Å². The molecule has 1 aliphatic rings. The summed E-state index contributed by atoms with van der Waals surface area (Å²) in [5, 5.41) is 5.51. The zero-order chi connectivity index (χ0) is 30.0. The van der Waals surface area contributed by atoms with Crippen molar-refractivity contribution in [3.05, 3.63) is 100 Å². The number of halogens is 8. The maximum atomic E-state index is 15.0. The van der Waals surface area contributed by atoms with E-state index in [-0.39, 0.29) is 29.2 Å². The van der Waals surface area contributed by atoms with Gasteiger partial charge in [0, 0.05) is 18.5 Å². The third kappa shape index (κ3) is 7.25. The van der Waals surface area contributed by atoms with Crippen molar-refractivity contribution < 1.29 is 40.3 Å². The summed E-state index contributed by atoms with van der Waals surface area (Å²) in [4.78, 5) is 13.3. The lowest BCUT2D eigenvalue weighted by atomic mass is 9.77. The summed E-state index contributed by atoms with van der Waals surface area (Å²) in [5.74, 6) is -1.86. The highest BCUT2D eigenvalue weighted by atomic mass is 127. The maximum absolute atomic E-state index is 15.0. The molecule has 3 aromatic rings. The Kier molecular flexibility index (Phi) is 9.10. The van der Waals surface area contributed by atoms with Crippen molar-refractivity contribution in [2.45, 2.75) is 60.7 Å². The third-order valence-corrected chi connectivity index (χ3v) is 7.71. The summed E-state index contributed by atoms with van der Waals surface area (Å²) in [6.07, 6.45) is -7.00. The van der Waals surface area contributed by atoms with Crippen LogP contribution in [0.2, 0.25) is 0 Å². The van der Waals surface area contributed by atoms with E-state index in [0.29, 0.717) is 24.5 Å². The van der Waals surface area contributed by atoms with Crippen molar-refractivity contribution in [2.75, 3.05) is 0 Å². The van der Waals surface area contributed by atoms with Gasteiger partial charge in [0.15, 0.2) is 0 Å². The number of urea groups is 1. The van der Waals surface area contributed by atoms with E-state index in [9.17, 15) is 31.1 Å². The van der Waals surface area contributed by atoms with Crippen molar-refractivity contribution in [3.63, 3.8) is 0 Å². The number of nitrogens with one attached hydrogen (secondary N) is 2. The minimum absolute atomic E-state index is 0.0800. The van der Waals surface area contributed by atoms with Gasteiger partial charge in [-0.15, -0.1) is 0 Å². The minimum Gasteiger partial charge on any atom is -0.430 e. The predicted molar refractivity (Wildman–Crippen MR) is 147 cm³/mol. The minimum atomic E-state index is -4.76. The number of ether oxygens (including phenoxy) is 1. The molecule has 0 saturated heterocycles. The van der Waals surface area contributed by atoms with Gasteiger partial charge in [-0.2, -0.15) is 22.0 Å². The van der Waals surface area contributed by atoms with Gasteiger partial charge in [-0.1, -0.05) is 42.5 Å². The molecule has 4 rings (SSSR count). The van der Waals surface area contributed by atoms with Gasteiger partial charge in [0.1, 0.15) is 11.6 Å². The summed E-state index contributed by atoms with van der Waals surface area (Å²) >= 11 is 0.813. The number of rotatable bonds is 9. The molecule has 2 amide bonds. The standard InChI is InChI=1S/C29H26F7IN2O2/c1-17-10-11-19(14-24(17)28(32,33)34)27(16-18-6-3-2-4-7-18,39-26(40)38-22-8-5-9-22)20-12-21(30)15-23(13-20)41-29(35,36)25(31)37/h2-4,6-7,10-15,22,25H,5,8-9,16H2,1H3,(H2,38,39,40)/t25?,27-/m1/s1. The monoisotopic (exact) mass is 694 g/mol. The van der Waals surface area contributed by atoms with Crippen LogP contribution >= 0.6 is 22.6 Å². The Balaban J connectivity index is 1.96. The number of benzene rings is 3. The molecule has 0 aliphatic heterocycles.